The van der Waals surface area contributed by atoms with Gasteiger partial charge in [0.05, 0.1) is 22.4 Å². The minimum absolute atomic E-state index is 0.0604. The van der Waals surface area contributed by atoms with E-state index in [0.29, 0.717) is 11.4 Å². The molecular weight excluding hydrogens is 456 g/mol. The van der Waals surface area contributed by atoms with E-state index in [1.165, 1.54) is 29.2 Å². The first-order valence-electron chi connectivity index (χ1n) is 9.30. The molecule has 29 heavy (non-hydrogen) atoms. The van der Waals surface area contributed by atoms with Crippen molar-refractivity contribution in [3.05, 3.63) is 65.2 Å². The Hall–Kier alpha value is -2.45. The van der Waals surface area contributed by atoms with Crippen LogP contribution in [0.25, 0.3) is 0 Å². The summed E-state index contributed by atoms with van der Waals surface area (Å²) in [6.07, 6.45) is 4.97. The van der Waals surface area contributed by atoms with Crippen LogP contribution in [0.4, 0.5) is 11.4 Å². The number of nitrogens with zero attached hydrogens (tertiary/aromatic N) is 1. The third-order valence-electron chi connectivity index (χ3n) is 5.97. The Labute approximate surface area is 176 Å². The van der Waals surface area contributed by atoms with Crippen LogP contribution in [0.5, 0.6) is 0 Å². The number of rotatable bonds is 4. The Balaban J connectivity index is 1.39. The van der Waals surface area contributed by atoms with Gasteiger partial charge in [-0.2, -0.15) is 0 Å². The number of hydrogen-bond donors (Lipinski definition) is 1. The number of carbonyl (C=O) groups excluding carboxylic acids is 2. The molecule has 5 rings (SSSR count). The molecule has 2 aromatic carbocycles. The van der Waals surface area contributed by atoms with Crippen LogP contribution in [0.1, 0.15) is 6.42 Å². The Morgan fingerprint density at radius 2 is 1.41 bits per heavy atom. The molecule has 4 atom stereocenters. The molecular formula is C21H17BrN2O4S. The van der Waals surface area contributed by atoms with Crippen LogP contribution in [-0.4, -0.2) is 20.2 Å². The number of benzene rings is 2. The van der Waals surface area contributed by atoms with E-state index in [1.807, 2.05) is 12.2 Å². The topological polar surface area (TPSA) is 83.6 Å². The molecule has 2 bridgehead atoms. The first-order valence-corrected chi connectivity index (χ1v) is 11.6. The van der Waals surface area contributed by atoms with Gasteiger partial charge in [-0.3, -0.25) is 19.2 Å². The summed E-state index contributed by atoms with van der Waals surface area (Å²) in [4.78, 5) is 27.0. The van der Waals surface area contributed by atoms with E-state index in [-0.39, 0.29) is 40.4 Å². The second kappa shape index (κ2) is 6.53. The fraction of sp³-hybridized carbons (Fsp3) is 0.238. The number of sulfonamides is 1. The highest BCUT2D eigenvalue weighted by Gasteiger charge is 2.59. The van der Waals surface area contributed by atoms with Crippen molar-refractivity contribution in [1.82, 2.24) is 0 Å². The van der Waals surface area contributed by atoms with Crippen molar-refractivity contribution in [3.8, 4) is 0 Å². The van der Waals surface area contributed by atoms with E-state index in [2.05, 4.69) is 20.7 Å². The van der Waals surface area contributed by atoms with Crippen LogP contribution in [0.15, 0.2) is 70.1 Å². The van der Waals surface area contributed by atoms with Gasteiger partial charge in [0.2, 0.25) is 11.8 Å². The second-order valence-corrected chi connectivity index (χ2v) is 10.2. The van der Waals surface area contributed by atoms with Gasteiger partial charge in [-0.1, -0.05) is 28.1 Å². The maximum atomic E-state index is 12.9. The fourth-order valence-corrected chi connectivity index (χ4v) is 5.99. The van der Waals surface area contributed by atoms with E-state index in [1.54, 1.807) is 24.3 Å². The molecule has 2 fully saturated rings. The molecule has 1 saturated carbocycles. The molecule has 0 spiro atoms. The van der Waals surface area contributed by atoms with Crippen LogP contribution in [0.3, 0.4) is 0 Å². The number of allylic oxidation sites excluding steroid dienone is 2. The van der Waals surface area contributed by atoms with E-state index >= 15 is 0 Å². The molecule has 0 radical (unpaired) electrons. The van der Waals surface area contributed by atoms with Gasteiger partial charge in [0.15, 0.2) is 0 Å². The lowest BCUT2D eigenvalue weighted by molar-refractivity contribution is -0.123. The monoisotopic (exact) mass is 472 g/mol. The summed E-state index contributed by atoms with van der Waals surface area (Å²) in [6.45, 7) is 0. The third kappa shape index (κ3) is 2.93. The first-order chi connectivity index (χ1) is 13.8. The Bertz CT molecular complexity index is 1110. The fourth-order valence-electron chi connectivity index (χ4n) is 4.66. The molecule has 2 aromatic rings. The number of imide groups is 1. The molecule has 1 unspecified atom stereocenters. The average Bonchev–Trinajstić information content (AvgIpc) is 3.37. The predicted molar refractivity (Wildman–Crippen MR) is 112 cm³/mol. The van der Waals surface area contributed by atoms with Crippen molar-refractivity contribution in [2.75, 3.05) is 9.62 Å². The van der Waals surface area contributed by atoms with Crippen LogP contribution in [0.2, 0.25) is 0 Å². The van der Waals surface area contributed by atoms with Gasteiger partial charge in [0.1, 0.15) is 0 Å². The van der Waals surface area contributed by atoms with E-state index in [4.69, 9.17) is 0 Å². The molecule has 1 saturated heterocycles. The summed E-state index contributed by atoms with van der Waals surface area (Å²) >= 11 is 3.31. The molecule has 0 aromatic heterocycles. The highest BCUT2D eigenvalue weighted by Crippen LogP contribution is 2.53. The lowest BCUT2D eigenvalue weighted by Gasteiger charge is -2.17. The van der Waals surface area contributed by atoms with Gasteiger partial charge in [-0.15, -0.1) is 0 Å². The minimum atomic E-state index is -3.78. The normalized spacial score (nSPS) is 27.6. The number of amides is 2. The molecule has 148 valence electrons. The predicted octanol–water partition coefficient (Wildman–Crippen LogP) is 3.56. The van der Waals surface area contributed by atoms with E-state index in [0.717, 1.165) is 10.9 Å². The molecule has 8 heteroatoms. The highest BCUT2D eigenvalue weighted by molar-refractivity contribution is 9.10. The van der Waals surface area contributed by atoms with Crippen molar-refractivity contribution >= 4 is 49.1 Å². The van der Waals surface area contributed by atoms with Crippen LogP contribution < -0.4 is 9.62 Å². The van der Waals surface area contributed by atoms with E-state index in [9.17, 15) is 18.0 Å². The first kappa shape index (κ1) is 18.6. The van der Waals surface area contributed by atoms with Crippen LogP contribution in [-0.2, 0) is 19.6 Å². The second-order valence-electron chi connectivity index (χ2n) is 7.62. The number of fused-ring (bicyclic) bond motifs is 5. The van der Waals surface area contributed by atoms with Gasteiger partial charge in [0.25, 0.3) is 10.0 Å². The molecule has 2 amide bonds. The molecule has 1 heterocycles. The lowest BCUT2D eigenvalue weighted by Crippen LogP contribution is -2.32. The quantitative estimate of drug-likeness (QED) is 0.544. The molecule has 3 aliphatic rings. The standard InChI is InChI=1S/C21H17BrN2O4S/c22-14-3-5-15(6-4-14)23-29(27,28)17-9-7-16(8-10-17)24-20(25)18-12-1-2-13(11-12)19(18)21(24)26/h1-10,12-13,18-19,23H,11H2/t12-,13?,18-,19+/m1/s1. The number of carbonyl (C=O) groups is 2. The van der Waals surface area contributed by atoms with Crippen molar-refractivity contribution in [1.29, 1.82) is 0 Å². The molecule has 6 nitrogen and oxygen atoms in total. The minimum Gasteiger partial charge on any atom is -0.280 e. The van der Waals surface area contributed by atoms with Gasteiger partial charge < -0.3 is 0 Å². The summed E-state index contributed by atoms with van der Waals surface area (Å²) in [5, 5.41) is 0. The molecule has 1 aliphatic heterocycles. The maximum Gasteiger partial charge on any atom is 0.261 e. The zero-order chi connectivity index (χ0) is 20.3. The Kier molecular flexibility index (Phi) is 4.18. The zero-order valence-electron chi connectivity index (χ0n) is 15.2. The smallest absolute Gasteiger partial charge is 0.261 e. The van der Waals surface area contributed by atoms with Crippen molar-refractivity contribution in [2.45, 2.75) is 11.3 Å². The molecule has 2 aliphatic carbocycles. The molecule has 1 N–H and O–H groups in total. The summed E-state index contributed by atoms with van der Waals surface area (Å²) in [7, 11) is -3.78. The number of halogens is 1. The maximum absolute atomic E-state index is 12.9. The van der Waals surface area contributed by atoms with Crippen molar-refractivity contribution < 1.29 is 18.0 Å². The Morgan fingerprint density at radius 1 is 0.862 bits per heavy atom. The SMILES string of the molecule is O=C1[C@@H]2[C@@H]3C=CC(C3)[C@@H]2C(=O)N1c1ccc(S(=O)(=O)Nc2ccc(Br)cc2)cc1. The summed E-state index contributed by atoms with van der Waals surface area (Å²) < 4.78 is 28.6. The zero-order valence-corrected chi connectivity index (χ0v) is 17.6. The summed E-state index contributed by atoms with van der Waals surface area (Å²) in [5.74, 6) is -0.636. The largest absolute Gasteiger partial charge is 0.280 e. The third-order valence-corrected chi connectivity index (χ3v) is 7.90. The summed E-state index contributed by atoms with van der Waals surface area (Å²) in [5.41, 5.74) is 0.856. The van der Waals surface area contributed by atoms with Crippen molar-refractivity contribution in [2.24, 2.45) is 23.7 Å². The van der Waals surface area contributed by atoms with Gasteiger partial charge in [0, 0.05) is 10.2 Å². The average molecular weight is 473 g/mol. The Morgan fingerprint density at radius 3 is 1.97 bits per heavy atom. The highest BCUT2D eigenvalue weighted by atomic mass is 79.9. The van der Waals surface area contributed by atoms with Gasteiger partial charge >= 0.3 is 0 Å². The van der Waals surface area contributed by atoms with Gasteiger partial charge in [-0.05, 0) is 66.8 Å². The number of hydrogen-bond acceptors (Lipinski definition) is 4. The van der Waals surface area contributed by atoms with Gasteiger partial charge in [-0.25, -0.2) is 8.42 Å². The van der Waals surface area contributed by atoms with Crippen LogP contribution in [0, 0.1) is 23.7 Å². The lowest BCUT2D eigenvalue weighted by atomic mass is 9.85. The number of nitrogens with one attached hydrogen (secondary N) is 1. The summed E-state index contributed by atoms with van der Waals surface area (Å²) in [6, 6.07) is 12.6. The van der Waals surface area contributed by atoms with E-state index < -0.39 is 10.0 Å². The van der Waals surface area contributed by atoms with Crippen LogP contribution >= 0.6 is 15.9 Å². The van der Waals surface area contributed by atoms with Crippen molar-refractivity contribution in [3.63, 3.8) is 0 Å². The number of anilines is 2.